The molecule has 1 N–H and O–H groups in total. The Balaban J connectivity index is 0.000000791. The first-order valence-electron chi connectivity index (χ1n) is 5.30. The molecule has 1 aliphatic heterocycles. The van der Waals surface area contributed by atoms with Crippen LogP contribution in [0.15, 0.2) is 35.7 Å². The summed E-state index contributed by atoms with van der Waals surface area (Å²) in [4.78, 5) is 0. The van der Waals surface area contributed by atoms with E-state index in [9.17, 15) is 0 Å². The van der Waals surface area contributed by atoms with Gasteiger partial charge in [-0.2, -0.15) is 0 Å². The van der Waals surface area contributed by atoms with Gasteiger partial charge in [0.2, 0.25) is 0 Å². The molecule has 14 heavy (non-hydrogen) atoms. The van der Waals surface area contributed by atoms with Gasteiger partial charge in [0, 0.05) is 13.2 Å². The largest absolute Gasteiger partial charge is 0.285 e. The SMILES string of the molecule is CC.CC/C(C)=C1\C=CC=CN1NC. The minimum Gasteiger partial charge on any atom is -0.285 e. The highest BCUT2D eigenvalue weighted by molar-refractivity contribution is 5.30. The van der Waals surface area contributed by atoms with E-state index in [2.05, 4.69) is 31.4 Å². The Morgan fingerprint density at radius 3 is 2.50 bits per heavy atom. The van der Waals surface area contributed by atoms with Crippen molar-refractivity contribution in [2.24, 2.45) is 0 Å². The average molecular weight is 194 g/mol. The predicted molar refractivity (Wildman–Crippen MR) is 63.5 cm³/mol. The Kier molecular flexibility index (Phi) is 6.85. The smallest absolute Gasteiger partial charge is 0.0559 e. The molecule has 80 valence electrons. The van der Waals surface area contributed by atoms with Crippen LogP contribution >= 0.6 is 0 Å². The summed E-state index contributed by atoms with van der Waals surface area (Å²) in [7, 11) is 1.92. The molecule has 0 bridgehead atoms. The lowest BCUT2D eigenvalue weighted by Gasteiger charge is -2.24. The second-order valence-electron chi connectivity index (χ2n) is 2.81. The topological polar surface area (TPSA) is 15.3 Å². The predicted octanol–water partition coefficient (Wildman–Crippen LogP) is 3.22. The molecule has 2 heteroatoms. The van der Waals surface area contributed by atoms with Gasteiger partial charge < -0.3 is 0 Å². The lowest BCUT2D eigenvalue weighted by atomic mass is 10.1. The second kappa shape index (κ2) is 7.39. The van der Waals surface area contributed by atoms with Crippen molar-refractivity contribution in [1.82, 2.24) is 10.4 Å². The minimum absolute atomic E-state index is 1.09. The molecule has 2 nitrogen and oxygen atoms in total. The first-order valence-corrected chi connectivity index (χ1v) is 5.30. The number of hydrazine groups is 1. The summed E-state index contributed by atoms with van der Waals surface area (Å²) in [5.41, 5.74) is 5.75. The van der Waals surface area contributed by atoms with E-state index in [0.29, 0.717) is 0 Å². The van der Waals surface area contributed by atoms with Gasteiger partial charge in [-0.1, -0.05) is 26.8 Å². The molecule has 0 aromatic rings. The van der Waals surface area contributed by atoms with Gasteiger partial charge in [0.25, 0.3) is 0 Å². The van der Waals surface area contributed by atoms with Crippen molar-refractivity contribution >= 4 is 0 Å². The van der Waals surface area contributed by atoms with E-state index in [1.807, 2.05) is 38.2 Å². The highest BCUT2D eigenvalue weighted by Crippen LogP contribution is 2.15. The highest BCUT2D eigenvalue weighted by atomic mass is 15.5. The molecule has 0 unspecified atom stereocenters. The number of hydrogen-bond acceptors (Lipinski definition) is 2. The second-order valence-corrected chi connectivity index (χ2v) is 2.81. The molecule has 0 radical (unpaired) electrons. The molecule has 0 aliphatic carbocycles. The third-order valence-corrected chi connectivity index (χ3v) is 2.07. The van der Waals surface area contributed by atoms with E-state index < -0.39 is 0 Å². The first kappa shape index (κ1) is 13.0. The standard InChI is InChI=1S/C10H16N2.C2H6/c1-4-9(2)10-7-5-6-8-12(10)11-3;1-2/h5-8,11H,4H2,1-3H3;1-2H3/b10-9+;. The quantitative estimate of drug-likeness (QED) is 0.726. The third-order valence-electron chi connectivity index (χ3n) is 2.07. The van der Waals surface area contributed by atoms with Crippen molar-refractivity contribution in [2.45, 2.75) is 34.1 Å². The lowest BCUT2D eigenvalue weighted by molar-refractivity contribution is 0.378. The van der Waals surface area contributed by atoms with Crippen LogP contribution in [-0.4, -0.2) is 12.1 Å². The maximum atomic E-state index is 3.11. The van der Waals surface area contributed by atoms with Crippen LogP contribution in [0.25, 0.3) is 0 Å². The maximum absolute atomic E-state index is 3.11. The van der Waals surface area contributed by atoms with Crippen LogP contribution < -0.4 is 5.43 Å². The van der Waals surface area contributed by atoms with Crippen LogP contribution in [0.4, 0.5) is 0 Å². The molecule has 0 spiro atoms. The molecular weight excluding hydrogens is 172 g/mol. The van der Waals surface area contributed by atoms with Crippen molar-refractivity contribution in [1.29, 1.82) is 0 Å². The van der Waals surface area contributed by atoms with Gasteiger partial charge >= 0.3 is 0 Å². The Labute approximate surface area is 88.0 Å². The summed E-state index contributed by atoms with van der Waals surface area (Å²) in [6, 6.07) is 0. The van der Waals surface area contributed by atoms with Crippen LogP contribution in [0.5, 0.6) is 0 Å². The van der Waals surface area contributed by atoms with Gasteiger partial charge in [0.05, 0.1) is 5.70 Å². The molecule has 1 heterocycles. The summed E-state index contributed by atoms with van der Waals surface area (Å²) in [6.45, 7) is 8.32. The number of hydrogen-bond donors (Lipinski definition) is 1. The molecule has 0 atom stereocenters. The molecule has 0 aromatic carbocycles. The van der Waals surface area contributed by atoms with Crippen molar-refractivity contribution in [2.75, 3.05) is 7.05 Å². The normalized spacial score (nSPS) is 17.6. The zero-order chi connectivity index (χ0) is 11.0. The summed E-state index contributed by atoms with van der Waals surface area (Å²) >= 11 is 0. The minimum atomic E-state index is 1.09. The highest BCUT2D eigenvalue weighted by Gasteiger charge is 2.06. The van der Waals surface area contributed by atoms with Gasteiger partial charge in [-0.25, -0.2) is 5.43 Å². The molecular formula is C12H22N2. The Hall–Kier alpha value is -1.02. The summed E-state index contributed by atoms with van der Waals surface area (Å²) in [6.07, 6.45) is 9.31. The number of rotatable bonds is 2. The molecule has 0 saturated carbocycles. The molecule has 1 rings (SSSR count). The van der Waals surface area contributed by atoms with Crippen LogP contribution in [0.1, 0.15) is 34.1 Å². The van der Waals surface area contributed by atoms with Gasteiger partial charge in [-0.3, -0.25) is 5.01 Å². The van der Waals surface area contributed by atoms with Gasteiger partial charge in [-0.05, 0) is 31.1 Å². The van der Waals surface area contributed by atoms with Gasteiger partial charge in [0.15, 0.2) is 0 Å². The van der Waals surface area contributed by atoms with Crippen molar-refractivity contribution < 1.29 is 0 Å². The van der Waals surface area contributed by atoms with Crippen LogP contribution in [0.3, 0.4) is 0 Å². The lowest BCUT2D eigenvalue weighted by Crippen LogP contribution is -2.30. The first-order chi connectivity index (χ1) is 6.79. The van der Waals surface area contributed by atoms with E-state index in [0.717, 1.165) is 6.42 Å². The van der Waals surface area contributed by atoms with Gasteiger partial charge in [0.1, 0.15) is 0 Å². The zero-order valence-electron chi connectivity index (χ0n) is 9.96. The van der Waals surface area contributed by atoms with Crippen LogP contribution in [0, 0.1) is 0 Å². The monoisotopic (exact) mass is 194 g/mol. The fourth-order valence-corrected chi connectivity index (χ4v) is 1.17. The van der Waals surface area contributed by atoms with Crippen molar-refractivity contribution in [3.05, 3.63) is 35.7 Å². The number of nitrogens with zero attached hydrogens (tertiary/aromatic N) is 1. The fraction of sp³-hybridized carbons (Fsp3) is 0.500. The van der Waals surface area contributed by atoms with E-state index in [1.54, 1.807) is 0 Å². The fourth-order valence-electron chi connectivity index (χ4n) is 1.17. The van der Waals surface area contributed by atoms with E-state index in [4.69, 9.17) is 0 Å². The van der Waals surface area contributed by atoms with Crippen LogP contribution in [0.2, 0.25) is 0 Å². The number of allylic oxidation sites excluding steroid dienone is 4. The number of nitrogens with one attached hydrogen (secondary N) is 1. The molecule has 0 aromatic heterocycles. The average Bonchev–Trinajstić information content (AvgIpc) is 2.30. The Morgan fingerprint density at radius 1 is 1.36 bits per heavy atom. The Bertz CT molecular complexity index is 237. The van der Waals surface area contributed by atoms with E-state index >= 15 is 0 Å². The van der Waals surface area contributed by atoms with Crippen molar-refractivity contribution in [3.63, 3.8) is 0 Å². The zero-order valence-corrected chi connectivity index (χ0v) is 9.96. The molecule has 0 amide bonds. The van der Waals surface area contributed by atoms with Crippen LogP contribution in [-0.2, 0) is 0 Å². The van der Waals surface area contributed by atoms with Gasteiger partial charge in [-0.15, -0.1) is 0 Å². The molecule has 1 aliphatic rings. The summed E-state index contributed by atoms with van der Waals surface area (Å²) in [5.74, 6) is 0. The maximum Gasteiger partial charge on any atom is 0.0559 e. The van der Waals surface area contributed by atoms with E-state index in [1.165, 1.54) is 11.3 Å². The molecule has 0 fully saturated rings. The third kappa shape index (κ3) is 3.38. The summed E-state index contributed by atoms with van der Waals surface area (Å²) < 4.78 is 0. The van der Waals surface area contributed by atoms with Crippen molar-refractivity contribution in [3.8, 4) is 0 Å². The summed E-state index contributed by atoms with van der Waals surface area (Å²) in [5, 5.41) is 2.03. The molecule has 0 saturated heterocycles. The van der Waals surface area contributed by atoms with E-state index in [-0.39, 0.29) is 0 Å². The Morgan fingerprint density at radius 2 is 2.00 bits per heavy atom.